The summed E-state index contributed by atoms with van der Waals surface area (Å²) in [6.07, 6.45) is 0.979. The number of aliphatic carboxylic acids is 1. The van der Waals surface area contributed by atoms with E-state index in [0.29, 0.717) is 30.3 Å². The zero-order chi connectivity index (χ0) is 18.5. The van der Waals surface area contributed by atoms with Gasteiger partial charge in [-0.3, -0.25) is 14.5 Å². The average Bonchev–Trinajstić information content (AvgIpc) is 3.14. The van der Waals surface area contributed by atoms with Crippen molar-refractivity contribution in [2.75, 3.05) is 0 Å². The average molecular weight is 346 g/mol. The molecule has 0 saturated carbocycles. The van der Waals surface area contributed by atoms with Gasteiger partial charge in [0, 0.05) is 36.3 Å². The molecule has 0 bridgehead atoms. The Bertz CT molecular complexity index is 888. The van der Waals surface area contributed by atoms with E-state index in [1.54, 1.807) is 4.57 Å². The number of hydrogen-bond acceptors (Lipinski definition) is 4. The zero-order valence-corrected chi connectivity index (χ0v) is 15.5. The van der Waals surface area contributed by atoms with Crippen LogP contribution in [0.2, 0.25) is 0 Å². The zero-order valence-electron chi connectivity index (χ0n) is 15.5. The first kappa shape index (κ1) is 17.7. The van der Waals surface area contributed by atoms with Crippen molar-refractivity contribution in [3.05, 3.63) is 33.4 Å². The predicted octanol–water partition coefficient (Wildman–Crippen LogP) is 1.99. The van der Waals surface area contributed by atoms with Crippen molar-refractivity contribution in [1.82, 2.24) is 19.1 Å². The largest absolute Gasteiger partial charge is 0.480 e. The highest BCUT2D eigenvalue weighted by molar-refractivity contribution is 5.68. The molecule has 1 N–H and O–H groups in total. The molecule has 0 amide bonds. The fourth-order valence-corrected chi connectivity index (χ4v) is 3.30. The lowest BCUT2D eigenvalue weighted by Gasteiger charge is -2.22. The van der Waals surface area contributed by atoms with Gasteiger partial charge in [0.2, 0.25) is 0 Å². The molecule has 2 aromatic rings. The van der Waals surface area contributed by atoms with Gasteiger partial charge in [-0.2, -0.15) is 9.61 Å². The molecular formula is C18H26N4O3. The summed E-state index contributed by atoms with van der Waals surface area (Å²) < 4.78 is 3.12. The maximum Gasteiger partial charge on any atom is 0.323 e. The van der Waals surface area contributed by atoms with Gasteiger partial charge in [0.05, 0.1) is 11.3 Å². The summed E-state index contributed by atoms with van der Waals surface area (Å²) in [5.41, 5.74) is 2.46. The second kappa shape index (κ2) is 5.98. The van der Waals surface area contributed by atoms with Gasteiger partial charge in [-0.1, -0.05) is 27.7 Å². The van der Waals surface area contributed by atoms with E-state index in [2.05, 4.69) is 23.8 Å². The lowest BCUT2D eigenvalue weighted by Crippen LogP contribution is -2.28. The molecule has 0 aromatic carbocycles. The Balaban J connectivity index is 2.24. The molecule has 25 heavy (non-hydrogen) atoms. The van der Waals surface area contributed by atoms with Crippen LogP contribution in [0.5, 0.6) is 0 Å². The molecule has 3 heterocycles. The SMILES string of the molecule is CCC(C)N1Cc2c(n(CC(=O)O)c3cc(C(C)(C)C)nn3c2=O)C1. The van der Waals surface area contributed by atoms with Gasteiger partial charge in [0.25, 0.3) is 5.56 Å². The number of carbonyl (C=O) groups is 1. The third kappa shape index (κ3) is 2.97. The second-order valence-corrected chi connectivity index (χ2v) is 7.92. The van der Waals surface area contributed by atoms with Gasteiger partial charge in [-0.25, -0.2) is 0 Å². The minimum atomic E-state index is -0.923. The third-order valence-electron chi connectivity index (χ3n) is 5.08. The Morgan fingerprint density at radius 3 is 2.60 bits per heavy atom. The molecule has 2 aromatic heterocycles. The summed E-state index contributed by atoms with van der Waals surface area (Å²) in [5.74, 6) is -0.923. The van der Waals surface area contributed by atoms with Crippen molar-refractivity contribution in [2.45, 2.75) is 72.1 Å². The van der Waals surface area contributed by atoms with E-state index < -0.39 is 5.97 Å². The van der Waals surface area contributed by atoms with Crippen LogP contribution in [0.3, 0.4) is 0 Å². The van der Waals surface area contributed by atoms with Crippen molar-refractivity contribution in [3.8, 4) is 0 Å². The van der Waals surface area contributed by atoms with E-state index in [0.717, 1.165) is 17.8 Å². The summed E-state index contributed by atoms with van der Waals surface area (Å²) in [6.45, 7) is 11.3. The van der Waals surface area contributed by atoms with E-state index in [-0.39, 0.29) is 17.5 Å². The van der Waals surface area contributed by atoms with E-state index in [9.17, 15) is 14.7 Å². The smallest absolute Gasteiger partial charge is 0.323 e. The summed E-state index contributed by atoms with van der Waals surface area (Å²) >= 11 is 0. The van der Waals surface area contributed by atoms with Crippen LogP contribution in [0.15, 0.2) is 10.9 Å². The number of nitrogens with zero attached hydrogens (tertiary/aromatic N) is 4. The molecule has 3 rings (SSSR count). The molecular weight excluding hydrogens is 320 g/mol. The molecule has 1 aliphatic rings. The Morgan fingerprint density at radius 1 is 1.36 bits per heavy atom. The number of carboxylic acid groups (broad SMARTS) is 1. The Labute approximate surface area is 146 Å². The monoisotopic (exact) mass is 346 g/mol. The van der Waals surface area contributed by atoms with Crippen LogP contribution in [0.1, 0.15) is 58.0 Å². The maximum atomic E-state index is 13.0. The molecule has 7 heteroatoms. The molecule has 0 radical (unpaired) electrons. The van der Waals surface area contributed by atoms with Crippen LogP contribution in [0.4, 0.5) is 0 Å². The number of carboxylic acids is 1. The Kier molecular flexibility index (Phi) is 4.23. The normalized spacial score (nSPS) is 16.4. The van der Waals surface area contributed by atoms with Gasteiger partial charge in [-0.15, -0.1) is 0 Å². The number of hydrogen-bond donors (Lipinski definition) is 1. The van der Waals surface area contributed by atoms with E-state index >= 15 is 0 Å². The summed E-state index contributed by atoms with van der Waals surface area (Å²) in [7, 11) is 0. The maximum absolute atomic E-state index is 13.0. The molecule has 136 valence electrons. The Morgan fingerprint density at radius 2 is 2.04 bits per heavy atom. The molecule has 7 nitrogen and oxygen atoms in total. The molecule has 0 saturated heterocycles. The quantitative estimate of drug-likeness (QED) is 0.916. The lowest BCUT2D eigenvalue weighted by atomic mass is 9.93. The molecule has 0 spiro atoms. The minimum Gasteiger partial charge on any atom is -0.480 e. The Hall–Kier alpha value is -2.15. The highest BCUT2D eigenvalue weighted by atomic mass is 16.4. The van der Waals surface area contributed by atoms with E-state index in [1.165, 1.54) is 4.52 Å². The van der Waals surface area contributed by atoms with Crippen molar-refractivity contribution in [2.24, 2.45) is 0 Å². The summed E-state index contributed by atoms with van der Waals surface area (Å²) in [4.78, 5) is 26.6. The predicted molar refractivity (Wildman–Crippen MR) is 94.8 cm³/mol. The van der Waals surface area contributed by atoms with Gasteiger partial charge in [-0.05, 0) is 13.3 Å². The second-order valence-electron chi connectivity index (χ2n) is 7.92. The number of rotatable bonds is 4. The van der Waals surface area contributed by atoms with Gasteiger partial charge >= 0.3 is 5.97 Å². The van der Waals surface area contributed by atoms with Crippen LogP contribution < -0.4 is 5.56 Å². The van der Waals surface area contributed by atoms with Crippen LogP contribution in [-0.2, 0) is 29.8 Å². The van der Waals surface area contributed by atoms with Crippen molar-refractivity contribution < 1.29 is 9.90 Å². The van der Waals surface area contributed by atoms with Gasteiger partial charge < -0.3 is 9.67 Å². The van der Waals surface area contributed by atoms with Crippen LogP contribution in [0, 0.1) is 0 Å². The van der Waals surface area contributed by atoms with Crippen molar-refractivity contribution >= 4 is 11.6 Å². The molecule has 0 fully saturated rings. The first-order valence-electron chi connectivity index (χ1n) is 8.74. The summed E-state index contributed by atoms with van der Waals surface area (Å²) in [5, 5.41) is 13.9. The van der Waals surface area contributed by atoms with Crippen molar-refractivity contribution in [1.29, 1.82) is 0 Å². The molecule has 1 atom stereocenters. The highest BCUT2D eigenvalue weighted by Gasteiger charge is 2.31. The molecule has 1 unspecified atom stereocenters. The highest BCUT2D eigenvalue weighted by Crippen LogP contribution is 2.27. The molecule has 0 aliphatic carbocycles. The first-order chi connectivity index (χ1) is 11.6. The standard InChI is InChI=1S/C18H26N4O3/c1-6-11(2)20-8-12-13(9-20)21(10-16(23)24)15-7-14(18(3,4)5)19-22(15)17(12)25/h7,11H,6,8-10H2,1-5H3,(H,23,24). The first-order valence-corrected chi connectivity index (χ1v) is 8.74. The van der Waals surface area contributed by atoms with Crippen LogP contribution >= 0.6 is 0 Å². The van der Waals surface area contributed by atoms with Crippen LogP contribution in [0.25, 0.3) is 5.65 Å². The van der Waals surface area contributed by atoms with Gasteiger partial charge in [0.15, 0.2) is 0 Å². The van der Waals surface area contributed by atoms with Crippen molar-refractivity contribution in [3.63, 3.8) is 0 Å². The van der Waals surface area contributed by atoms with Crippen LogP contribution in [-0.4, -0.2) is 36.2 Å². The summed E-state index contributed by atoms with van der Waals surface area (Å²) in [6, 6.07) is 2.18. The third-order valence-corrected chi connectivity index (χ3v) is 5.08. The van der Waals surface area contributed by atoms with E-state index in [4.69, 9.17) is 0 Å². The molecule has 1 aliphatic heterocycles. The topological polar surface area (TPSA) is 79.8 Å². The minimum absolute atomic E-state index is 0.132. The van der Waals surface area contributed by atoms with E-state index in [1.807, 2.05) is 26.8 Å². The number of aromatic nitrogens is 3. The van der Waals surface area contributed by atoms with Gasteiger partial charge in [0.1, 0.15) is 12.2 Å². The fraction of sp³-hybridized carbons (Fsp3) is 0.611. The lowest BCUT2D eigenvalue weighted by molar-refractivity contribution is -0.137. The number of fused-ring (bicyclic) bond motifs is 2. The fourth-order valence-electron chi connectivity index (χ4n) is 3.30.